The van der Waals surface area contributed by atoms with Crippen LogP contribution < -0.4 is 5.73 Å². The van der Waals surface area contributed by atoms with E-state index in [1.54, 1.807) is 24.3 Å². The van der Waals surface area contributed by atoms with E-state index in [2.05, 4.69) is 13.8 Å². The van der Waals surface area contributed by atoms with Gasteiger partial charge in [-0.15, -0.1) is 0 Å². The molecule has 3 nitrogen and oxygen atoms in total. The first-order valence-corrected chi connectivity index (χ1v) is 5.63. The van der Waals surface area contributed by atoms with Crippen molar-refractivity contribution in [1.82, 2.24) is 4.90 Å². The summed E-state index contributed by atoms with van der Waals surface area (Å²) in [5.41, 5.74) is 7.27. The Morgan fingerprint density at radius 3 is 2.44 bits per heavy atom. The minimum absolute atomic E-state index is 0.116. The Labute approximate surface area is 96.2 Å². The molecule has 1 heterocycles. The number of benzene rings is 1. The molecule has 1 fully saturated rings. The molecular formula is C13H18N2O. The molecule has 1 amide bonds. The number of likely N-dealkylation sites (tertiary alicyclic amines) is 1. The van der Waals surface area contributed by atoms with Gasteiger partial charge in [-0.1, -0.05) is 13.8 Å². The van der Waals surface area contributed by atoms with Crippen LogP contribution in [0.4, 0.5) is 5.69 Å². The molecule has 2 rings (SSSR count). The lowest BCUT2D eigenvalue weighted by atomic mass is 9.93. The fourth-order valence-electron chi connectivity index (χ4n) is 2.09. The lowest BCUT2D eigenvalue weighted by Gasteiger charge is -2.19. The summed E-state index contributed by atoms with van der Waals surface area (Å²) in [6.07, 6.45) is 1.08. The third kappa shape index (κ3) is 2.18. The highest BCUT2D eigenvalue weighted by Crippen LogP contribution is 2.29. The van der Waals surface area contributed by atoms with Crippen molar-refractivity contribution in [3.8, 4) is 0 Å². The van der Waals surface area contributed by atoms with E-state index in [1.165, 1.54) is 0 Å². The van der Waals surface area contributed by atoms with Gasteiger partial charge in [0.1, 0.15) is 0 Å². The molecule has 1 saturated heterocycles. The number of hydrogen-bond donors (Lipinski definition) is 1. The van der Waals surface area contributed by atoms with Gasteiger partial charge < -0.3 is 10.6 Å². The number of nitrogen functional groups attached to an aromatic ring is 1. The molecule has 0 unspecified atom stereocenters. The molecule has 0 aromatic heterocycles. The number of carbonyl (C=O) groups excluding carboxylic acids is 1. The van der Waals surface area contributed by atoms with Gasteiger partial charge in [-0.2, -0.15) is 0 Å². The van der Waals surface area contributed by atoms with Gasteiger partial charge >= 0.3 is 0 Å². The molecule has 0 saturated carbocycles. The SMILES string of the molecule is CC1(C)CCN(C(=O)c2ccc(N)cc2)C1. The zero-order valence-electron chi connectivity index (χ0n) is 9.86. The number of carbonyl (C=O) groups is 1. The standard InChI is InChI=1S/C13H18N2O/c1-13(2)7-8-15(9-13)12(16)10-3-5-11(14)6-4-10/h3-6H,7-9,14H2,1-2H3. The largest absolute Gasteiger partial charge is 0.399 e. The molecule has 0 bridgehead atoms. The molecule has 0 aliphatic carbocycles. The maximum atomic E-state index is 12.1. The van der Waals surface area contributed by atoms with Gasteiger partial charge in [0.05, 0.1) is 0 Å². The van der Waals surface area contributed by atoms with E-state index in [0.717, 1.165) is 25.1 Å². The molecule has 1 aliphatic heterocycles. The highest BCUT2D eigenvalue weighted by molar-refractivity contribution is 5.94. The van der Waals surface area contributed by atoms with Crippen LogP contribution >= 0.6 is 0 Å². The quantitative estimate of drug-likeness (QED) is 0.734. The second-order valence-corrected chi connectivity index (χ2v) is 5.26. The topological polar surface area (TPSA) is 46.3 Å². The summed E-state index contributed by atoms with van der Waals surface area (Å²) < 4.78 is 0. The van der Waals surface area contributed by atoms with E-state index in [-0.39, 0.29) is 11.3 Å². The molecule has 0 atom stereocenters. The Morgan fingerprint density at radius 1 is 1.31 bits per heavy atom. The summed E-state index contributed by atoms with van der Waals surface area (Å²) in [4.78, 5) is 14.1. The van der Waals surface area contributed by atoms with E-state index < -0.39 is 0 Å². The van der Waals surface area contributed by atoms with Crippen molar-refractivity contribution in [1.29, 1.82) is 0 Å². The predicted octanol–water partition coefficient (Wildman–Crippen LogP) is 2.14. The van der Waals surface area contributed by atoms with Crippen molar-refractivity contribution < 1.29 is 4.79 Å². The molecule has 0 radical (unpaired) electrons. The van der Waals surface area contributed by atoms with E-state index in [0.29, 0.717) is 5.69 Å². The van der Waals surface area contributed by atoms with Gasteiger partial charge in [0, 0.05) is 24.3 Å². The minimum atomic E-state index is 0.116. The second-order valence-electron chi connectivity index (χ2n) is 5.26. The molecule has 16 heavy (non-hydrogen) atoms. The first-order valence-electron chi connectivity index (χ1n) is 5.63. The maximum Gasteiger partial charge on any atom is 0.253 e. The van der Waals surface area contributed by atoms with Crippen molar-refractivity contribution in [3.05, 3.63) is 29.8 Å². The number of nitrogens with two attached hydrogens (primary N) is 1. The molecular weight excluding hydrogens is 200 g/mol. The average Bonchev–Trinajstić information content (AvgIpc) is 2.59. The maximum absolute atomic E-state index is 12.1. The Bertz CT molecular complexity index is 395. The van der Waals surface area contributed by atoms with Crippen molar-refractivity contribution in [3.63, 3.8) is 0 Å². The molecule has 86 valence electrons. The van der Waals surface area contributed by atoms with E-state index in [9.17, 15) is 4.79 Å². The van der Waals surface area contributed by atoms with Crippen LogP contribution in [-0.4, -0.2) is 23.9 Å². The highest BCUT2D eigenvalue weighted by atomic mass is 16.2. The Morgan fingerprint density at radius 2 is 1.94 bits per heavy atom. The Kier molecular flexibility index (Phi) is 2.62. The number of amides is 1. The van der Waals surface area contributed by atoms with Gasteiger partial charge in [0.15, 0.2) is 0 Å². The monoisotopic (exact) mass is 218 g/mol. The summed E-state index contributed by atoms with van der Waals surface area (Å²) in [6, 6.07) is 7.13. The lowest BCUT2D eigenvalue weighted by Crippen LogP contribution is -2.30. The molecule has 1 aliphatic rings. The number of anilines is 1. The zero-order valence-corrected chi connectivity index (χ0v) is 9.86. The summed E-state index contributed by atoms with van der Waals surface area (Å²) in [6.45, 7) is 6.10. The van der Waals surface area contributed by atoms with E-state index >= 15 is 0 Å². The smallest absolute Gasteiger partial charge is 0.253 e. The lowest BCUT2D eigenvalue weighted by molar-refractivity contribution is 0.0778. The van der Waals surface area contributed by atoms with Crippen LogP contribution in [0.5, 0.6) is 0 Å². The molecule has 0 spiro atoms. The normalized spacial score (nSPS) is 18.8. The van der Waals surface area contributed by atoms with Gasteiger partial charge in [0.25, 0.3) is 5.91 Å². The van der Waals surface area contributed by atoms with Gasteiger partial charge in [-0.3, -0.25) is 4.79 Å². The van der Waals surface area contributed by atoms with Crippen LogP contribution in [0.15, 0.2) is 24.3 Å². The van der Waals surface area contributed by atoms with Gasteiger partial charge in [-0.05, 0) is 36.1 Å². The van der Waals surface area contributed by atoms with Crippen LogP contribution in [0.3, 0.4) is 0 Å². The Hall–Kier alpha value is -1.51. The van der Waals surface area contributed by atoms with Crippen LogP contribution in [0.1, 0.15) is 30.6 Å². The third-order valence-electron chi connectivity index (χ3n) is 3.12. The number of nitrogens with zero attached hydrogens (tertiary/aromatic N) is 1. The summed E-state index contributed by atoms with van der Waals surface area (Å²) in [5.74, 6) is 0.116. The summed E-state index contributed by atoms with van der Waals surface area (Å²) in [5, 5.41) is 0. The summed E-state index contributed by atoms with van der Waals surface area (Å²) >= 11 is 0. The highest BCUT2D eigenvalue weighted by Gasteiger charge is 2.32. The van der Waals surface area contributed by atoms with Crippen LogP contribution in [0.25, 0.3) is 0 Å². The predicted molar refractivity (Wildman–Crippen MR) is 65.2 cm³/mol. The Balaban J connectivity index is 2.12. The fourth-order valence-corrected chi connectivity index (χ4v) is 2.09. The number of hydrogen-bond acceptors (Lipinski definition) is 2. The average molecular weight is 218 g/mol. The van der Waals surface area contributed by atoms with Crippen molar-refractivity contribution >= 4 is 11.6 Å². The van der Waals surface area contributed by atoms with E-state index in [4.69, 9.17) is 5.73 Å². The minimum Gasteiger partial charge on any atom is -0.399 e. The van der Waals surface area contributed by atoms with Gasteiger partial charge in [0.2, 0.25) is 0 Å². The van der Waals surface area contributed by atoms with Crippen LogP contribution in [0, 0.1) is 5.41 Å². The second kappa shape index (κ2) is 3.81. The first-order chi connectivity index (χ1) is 7.48. The molecule has 3 heteroatoms. The summed E-state index contributed by atoms with van der Waals surface area (Å²) in [7, 11) is 0. The van der Waals surface area contributed by atoms with Crippen LogP contribution in [-0.2, 0) is 0 Å². The molecule has 1 aromatic rings. The van der Waals surface area contributed by atoms with Crippen LogP contribution in [0.2, 0.25) is 0 Å². The first kappa shape index (κ1) is 11.0. The molecule has 1 aromatic carbocycles. The van der Waals surface area contributed by atoms with Crippen molar-refractivity contribution in [2.24, 2.45) is 5.41 Å². The van der Waals surface area contributed by atoms with Gasteiger partial charge in [-0.25, -0.2) is 0 Å². The van der Waals surface area contributed by atoms with E-state index in [1.807, 2.05) is 4.90 Å². The number of rotatable bonds is 1. The van der Waals surface area contributed by atoms with Crippen molar-refractivity contribution in [2.45, 2.75) is 20.3 Å². The van der Waals surface area contributed by atoms with Crippen molar-refractivity contribution in [2.75, 3.05) is 18.8 Å². The molecule has 2 N–H and O–H groups in total. The zero-order chi connectivity index (χ0) is 11.8. The fraction of sp³-hybridized carbons (Fsp3) is 0.462. The third-order valence-corrected chi connectivity index (χ3v) is 3.12.